The summed E-state index contributed by atoms with van der Waals surface area (Å²) in [5.74, 6) is 0.801. The minimum absolute atomic E-state index is 0.359. The highest BCUT2D eigenvalue weighted by Gasteiger charge is 2.27. The van der Waals surface area contributed by atoms with Gasteiger partial charge in [0.2, 0.25) is 11.7 Å². The van der Waals surface area contributed by atoms with Gasteiger partial charge in [-0.1, -0.05) is 41.6 Å². The van der Waals surface area contributed by atoms with Gasteiger partial charge in [0.05, 0.1) is 19.2 Å². The highest BCUT2D eigenvalue weighted by atomic mass is 16.5. The normalized spacial score (nSPS) is 19.5. The molecule has 2 heterocycles. The molecule has 2 aromatic carbocycles. The van der Waals surface area contributed by atoms with Crippen LogP contribution in [-0.2, 0) is 24.1 Å². The molecule has 3 aromatic rings. The predicted octanol–water partition coefficient (Wildman–Crippen LogP) is 3.20. The van der Waals surface area contributed by atoms with Crippen LogP contribution in [0.3, 0.4) is 0 Å². The smallest absolute Gasteiger partial charge is 0.337 e. The fourth-order valence-electron chi connectivity index (χ4n) is 4.78. The van der Waals surface area contributed by atoms with Crippen LogP contribution in [0.25, 0.3) is 11.4 Å². The van der Waals surface area contributed by atoms with Gasteiger partial charge in [0, 0.05) is 37.8 Å². The molecule has 0 N–H and O–H groups in total. The topological polar surface area (TPSA) is 71.7 Å². The summed E-state index contributed by atoms with van der Waals surface area (Å²) in [5, 5.41) is 4.12. The van der Waals surface area contributed by atoms with Crippen molar-refractivity contribution < 1.29 is 14.1 Å². The number of benzene rings is 2. The Morgan fingerprint density at radius 3 is 2.56 bits per heavy atom. The number of carbonyl (C=O) groups excluding carboxylic acids is 1. The Labute approximate surface area is 188 Å². The van der Waals surface area contributed by atoms with Crippen LogP contribution in [0.2, 0.25) is 0 Å². The van der Waals surface area contributed by atoms with Crippen molar-refractivity contribution in [3.63, 3.8) is 0 Å². The van der Waals surface area contributed by atoms with E-state index in [0.717, 1.165) is 38.2 Å². The Kier molecular flexibility index (Phi) is 6.01. The van der Waals surface area contributed by atoms with Crippen LogP contribution in [0.15, 0.2) is 53.1 Å². The third-order valence-electron chi connectivity index (χ3n) is 6.64. The van der Waals surface area contributed by atoms with E-state index in [1.165, 1.54) is 31.1 Å². The molecule has 1 fully saturated rings. The summed E-state index contributed by atoms with van der Waals surface area (Å²) < 4.78 is 10.2. The van der Waals surface area contributed by atoms with Crippen LogP contribution in [0, 0.1) is 0 Å². The Morgan fingerprint density at radius 2 is 1.81 bits per heavy atom. The van der Waals surface area contributed by atoms with Gasteiger partial charge in [0.25, 0.3) is 0 Å². The van der Waals surface area contributed by atoms with E-state index >= 15 is 0 Å². The molecule has 7 heteroatoms. The molecule has 5 rings (SSSR count). The standard InChI is InChI=1S/C25H28N4O3/c1-31-25(30)20-8-6-19(7-9-20)24-26-23(32-27-24)17-28-12-14-29(15-13-28)22-11-10-18-4-2-3-5-21(18)16-22/h2-9,22H,10-17H2,1H3. The highest BCUT2D eigenvalue weighted by molar-refractivity contribution is 5.89. The van der Waals surface area contributed by atoms with E-state index < -0.39 is 0 Å². The number of esters is 1. The molecule has 32 heavy (non-hydrogen) atoms. The average Bonchev–Trinajstić information content (AvgIpc) is 3.32. The van der Waals surface area contributed by atoms with Crippen LogP contribution in [0.5, 0.6) is 0 Å². The van der Waals surface area contributed by atoms with Crippen molar-refractivity contribution in [2.75, 3.05) is 33.3 Å². The fraction of sp³-hybridized carbons (Fsp3) is 0.400. The van der Waals surface area contributed by atoms with E-state index in [1.54, 1.807) is 12.1 Å². The first kappa shape index (κ1) is 20.8. The number of hydrogen-bond acceptors (Lipinski definition) is 7. The monoisotopic (exact) mass is 432 g/mol. The molecule has 1 aliphatic heterocycles. The van der Waals surface area contributed by atoms with Crippen molar-refractivity contribution in [1.29, 1.82) is 0 Å². The molecule has 1 saturated heterocycles. The first-order valence-corrected chi connectivity index (χ1v) is 11.2. The summed E-state index contributed by atoms with van der Waals surface area (Å²) in [7, 11) is 1.37. The molecule has 1 unspecified atom stereocenters. The predicted molar refractivity (Wildman–Crippen MR) is 120 cm³/mol. The van der Waals surface area contributed by atoms with E-state index in [-0.39, 0.29) is 5.97 Å². The summed E-state index contributed by atoms with van der Waals surface area (Å²) in [6.45, 7) is 4.81. The fourth-order valence-corrected chi connectivity index (χ4v) is 4.78. The van der Waals surface area contributed by atoms with Crippen LogP contribution in [-0.4, -0.2) is 65.2 Å². The Morgan fingerprint density at radius 1 is 1.06 bits per heavy atom. The number of carbonyl (C=O) groups is 1. The number of rotatable bonds is 5. The number of hydrogen-bond donors (Lipinski definition) is 0. The van der Waals surface area contributed by atoms with E-state index in [1.807, 2.05) is 12.1 Å². The van der Waals surface area contributed by atoms with Gasteiger partial charge >= 0.3 is 5.97 Å². The summed E-state index contributed by atoms with van der Waals surface area (Å²) in [6, 6.07) is 16.5. The summed E-state index contributed by atoms with van der Waals surface area (Å²) >= 11 is 0. The van der Waals surface area contributed by atoms with Gasteiger partial charge in [0.15, 0.2) is 0 Å². The van der Waals surface area contributed by atoms with Gasteiger partial charge in [0.1, 0.15) is 0 Å². The molecule has 0 spiro atoms. The number of nitrogens with zero attached hydrogens (tertiary/aromatic N) is 4. The maximum absolute atomic E-state index is 11.6. The van der Waals surface area contributed by atoms with Crippen LogP contribution in [0.1, 0.15) is 33.8 Å². The first-order chi connectivity index (χ1) is 15.7. The summed E-state index contributed by atoms with van der Waals surface area (Å²) in [6.07, 6.45) is 3.60. The van der Waals surface area contributed by atoms with Crippen molar-refractivity contribution in [1.82, 2.24) is 19.9 Å². The summed E-state index contributed by atoms with van der Waals surface area (Å²) in [4.78, 5) is 21.2. The van der Waals surface area contributed by atoms with Crippen molar-refractivity contribution in [2.24, 2.45) is 0 Å². The van der Waals surface area contributed by atoms with Crippen molar-refractivity contribution >= 4 is 5.97 Å². The number of ether oxygens (including phenoxy) is 1. The average molecular weight is 433 g/mol. The minimum atomic E-state index is -0.359. The maximum Gasteiger partial charge on any atom is 0.337 e. The highest BCUT2D eigenvalue weighted by Crippen LogP contribution is 2.25. The molecule has 1 aromatic heterocycles. The second kappa shape index (κ2) is 9.22. The lowest BCUT2D eigenvalue weighted by atomic mass is 9.87. The maximum atomic E-state index is 11.6. The second-order valence-electron chi connectivity index (χ2n) is 8.56. The zero-order valence-corrected chi connectivity index (χ0v) is 18.4. The van der Waals surface area contributed by atoms with Crippen molar-refractivity contribution in [3.05, 3.63) is 71.1 Å². The second-order valence-corrected chi connectivity index (χ2v) is 8.56. The van der Waals surface area contributed by atoms with Crippen LogP contribution in [0.4, 0.5) is 0 Å². The molecule has 0 saturated carbocycles. The molecule has 2 aliphatic rings. The van der Waals surface area contributed by atoms with Gasteiger partial charge < -0.3 is 9.26 Å². The van der Waals surface area contributed by atoms with Gasteiger partial charge in [-0.25, -0.2) is 4.79 Å². The first-order valence-electron chi connectivity index (χ1n) is 11.2. The number of methoxy groups -OCH3 is 1. The molecule has 0 bridgehead atoms. The summed E-state index contributed by atoms with van der Waals surface area (Å²) in [5.41, 5.74) is 4.35. The molecule has 166 valence electrons. The molecule has 0 amide bonds. The molecule has 7 nitrogen and oxygen atoms in total. The van der Waals surface area contributed by atoms with E-state index in [0.29, 0.717) is 29.9 Å². The van der Waals surface area contributed by atoms with Crippen molar-refractivity contribution in [3.8, 4) is 11.4 Å². The molecule has 1 aliphatic carbocycles. The number of piperazine rings is 1. The van der Waals surface area contributed by atoms with E-state index in [9.17, 15) is 4.79 Å². The minimum Gasteiger partial charge on any atom is -0.465 e. The lowest BCUT2D eigenvalue weighted by molar-refractivity contribution is 0.0600. The SMILES string of the molecule is COC(=O)c1ccc(-c2noc(CN3CCN(C4CCc5ccccc5C4)CC3)n2)cc1. The van der Waals surface area contributed by atoms with Gasteiger partial charge in [-0.3, -0.25) is 9.80 Å². The largest absolute Gasteiger partial charge is 0.465 e. The van der Waals surface area contributed by atoms with Gasteiger partial charge in [-0.2, -0.15) is 4.98 Å². The molecular weight excluding hydrogens is 404 g/mol. The Balaban J connectivity index is 1.14. The lowest BCUT2D eigenvalue weighted by Gasteiger charge is -2.40. The lowest BCUT2D eigenvalue weighted by Crippen LogP contribution is -2.51. The molecule has 1 atom stereocenters. The van der Waals surface area contributed by atoms with Crippen LogP contribution >= 0.6 is 0 Å². The Bertz CT molecular complexity index is 1070. The van der Waals surface area contributed by atoms with Gasteiger partial charge in [-0.15, -0.1) is 0 Å². The number of fused-ring (bicyclic) bond motifs is 1. The Hall–Kier alpha value is -3.03. The third-order valence-corrected chi connectivity index (χ3v) is 6.64. The zero-order valence-electron chi connectivity index (χ0n) is 18.4. The third kappa shape index (κ3) is 4.45. The number of aromatic nitrogens is 2. The van der Waals surface area contributed by atoms with E-state index in [4.69, 9.17) is 9.26 Å². The molecule has 0 radical (unpaired) electrons. The zero-order chi connectivity index (χ0) is 21.9. The quantitative estimate of drug-likeness (QED) is 0.574. The van der Waals surface area contributed by atoms with E-state index in [2.05, 4.69) is 44.2 Å². The van der Waals surface area contributed by atoms with Gasteiger partial charge in [-0.05, 0) is 42.5 Å². The molecular formula is C25H28N4O3. The van der Waals surface area contributed by atoms with Crippen LogP contribution < -0.4 is 0 Å². The number of aryl methyl sites for hydroxylation is 1. The van der Waals surface area contributed by atoms with Crippen molar-refractivity contribution in [2.45, 2.75) is 31.8 Å².